The fourth-order valence-corrected chi connectivity index (χ4v) is 4.72. The van der Waals surface area contributed by atoms with Gasteiger partial charge in [-0.25, -0.2) is 0 Å². The first-order valence-electron chi connectivity index (χ1n) is 11.4. The average Bonchev–Trinajstić information content (AvgIpc) is 2.79. The summed E-state index contributed by atoms with van der Waals surface area (Å²) < 4.78 is 0. The van der Waals surface area contributed by atoms with Crippen molar-refractivity contribution in [1.29, 1.82) is 0 Å². The number of rotatable bonds is 6. The number of piperidine rings is 1. The summed E-state index contributed by atoms with van der Waals surface area (Å²) in [5, 5.41) is 13.4. The van der Waals surface area contributed by atoms with Gasteiger partial charge in [0.05, 0.1) is 0 Å². The maximum Gasteiger partial charge on any atom is 0.254 e. The molecule has 1 heterocycles. The Morgan fingerprint density at radius 3 is 2.34 bits per heavy atom. The summed E-state index contributed by atoms with van der Waals surface area (Å²) in [7, 11) is 0. The minimum atomic E-state index is 0.106. The Hall–Kier alpha value is -3.11. The topological polar surface area (TPSA) is 52.6 Å². The van der Waals surface area contributed by atoms with Crippen LogP contribution in [0.25, 0.3) is 0 Å². The van der Waals surface area contributed by atoms with Crippen LogP contribution in [0.5, 0.6) is 5.75 Å². The van der Waals surface area contributed by atoms with Crippen molar-refractivity contribution < 1.29 is 9.90 Å². The van der Waals surface area contributed by atoms with Crippen LogP contribution >= 0.6 is 0 Å². The fraction of sp³-hybridized carbons (Fsp3) is 0.321. The number of hydrogen-bond acceptors (Lipinski definition) is 3. The first-order chi connectivity index (χ1) is 15.5. The smallest absolute Gasteiger partial charge is 0.254 e. The van der Waals surface area contributed by atoms with Gasteiger partial charge in [0.25, 0.3) is 5.91 Å². The highest BCUT2D eigenvalue weighted by Crippen LogP contribution is 2.25. The molecule has 3 aromatic rings. The molecule has 0 saturated carbocycles. The van der Waals surface area contributed by atoms with Crippen molar-refractivity contribution in [2.24, 2.45) is 0 Å². The van der Waals surface area contributed by atoms with Gasteiger partial charge in [-0.15, -0.1) is 0 Å². The Balaban J connectivity index is 1.51. The van der Waals surface area contributed by atoms with Gasteiger partial charge in [-0.1, -0.05) is 59.7 Å². The van der Waals surface area contributed by atoms with Crippen LogP contribution < -0.4 is 5.32 Å². The minimum absolute atomic E-state index is 0.106. The van der Waals surface area contributed by atoms with Crippen molar-refractivity contribution >= 4 is 5.91 Å². The molecule has 2 atom stereocenters. The van der Waals surface area contributed by atoms with Crippen LogP contribution in [0.3, 0.4) is 0 Å². The molecular weight excluding hydrogens is 396 g/mol. The zero-order valence-corrected chi connectivity index (χ0v) is 18.9. The Morgan fingerprint density at radius 2 is 1.66 bits per heavy atom. The lowest BCUT2D eigenvalue weighted by atomic mass is 9.91. The number of phenols is 1. The van der Waals surface area contributed by atoms with Crippen LogP contribution in [0.15, 0.2) is 72.8 Å². The van der Waals surface area contributed by atoms with E-state index >= 15 is 0 Å². The lowest BCUT2D eigenvalue weighted by Crippen LogP contribution is -2.51. The summed E-state index contributed by atoms with van der Waals surface area (Å²) in [6.07, 6.45) is 2.63. The largest absolute Gasteiger partial charge is 0.508 e. The zero-order chi connectivity index (χ0) is 22.5. The predicted octanol–water partition coefficient (Wildman–Crippen LogP) is 5.01. The molecule has 1 aliphatic rings. The quantitative estimate of drug-likeness (QED) is 0.580. The number of carbonyl (C=O) groups is 1. The van der Waals surface area contributed by atoms with Crippen molar-refractivity contribution in [1.82, 2.24) is 10.2 Å². The van der Waals surface area contributed by atoms with Gasteiger partial charge in [-0.05, 0) is 68.5 Å². The van der Waals surface area contributed by atoms with Gasteiger partial charge in [0.15, 0.2) is 0 Å². The van der Waals surface area contributed by atoms with E-state index in [0.717, 1.165) is 54.6 Å². The molecule has 0 aliphatic carbocycles. The van der Waals surface area contributed by atoms with Gasteiger partial charge >= 0.3 is 0 Å². The van der Waals surface area contributed by atoms with E-state index in [1.54, 1.807) is 12.1 Å². The normalized spacial score (nSPS) is 18.5. The van der Waals surface area contributed by atoms with Crippen LogP contribution in [0.1, 0.15) is 45.5 Å². The van der Waals surface area contributed by atoms with E-state index < -0.39 is 0 Å². The molecule has 0 bridgehead atoms. The first-order valence-corrected chi connectivity index (χ1v) is 11.4. The average molecular weight is 429 g/mol. The van der Waals surface area contributed by atoms with Gasteiger partial charge in [0, 0.05) is 30.7 Å². The molecular formula is C28H32N2O2. The van der Waals surface area contributed by atoms with Gasteiger partial charge in [0.1, 0.15) is 5.75 Å². The molecule has 1 amide bonds. The molecule has 166 valence electrons. The second-order valence-corrected chi connectivity index (χ2v) is 8.99. The van der Waals surface area contributed by atoms with Crippen LogP contribution in [0, 0.1) is 13.8 Å². The molecule has 4 nitrogen and oxygen atoms in total. The molecule has 0 radical (unpaired) electrons. The number of aromatic hydroxyl groups is 1. The van der Waals surface area contributed by atoms with Crippen molar-refractivity contribution in [2.45, 2.75) is 51.7 Å². The van der Waals surface area contributed by atoms with Crippen molar-refractivity contribution in [3.63, 3.8) is 0 Å². The zero-order valence-electron chi connectivity index (χ0n) is 18.9. The van der Waals surface area contributed by atoms with E-state index in [-0.39, 0.29) is 17.7 Å². The molecule has 1 aliphatic heterocycles. The second kappa shape index (κ2) is 10.0. The summed E-state index contributed by atoms with van der Waals surface area (Å²) >= 11 is 0. The highest BCUT2D eigenvalue weighted by Gasteiger charge is 2.32. The van der Waals surface area contributed by atoms with E-state index in [1.807, 2.05) is 44.2 Å². The number of phenolic OH excluding ortho intramolecular Hbond substituents is 1. The molecule has 1 saturated heterocycles. The van der Waals surface area contributed by atoms with Gasteiger partial charge < -0.3 is 15.3 Å². The predicted molar refractivity (Wildman–Crippen MR) is 129 cm³/mol. The third kappa shape index (κ3) is 5.57. The highest BCUT2D eigenvalue weighted by atomic mass is 16.3. The molecule has 0 aromatic heterocycles. The number of carbonyl (C=O) groups excluding carboxylic acids is 1. The van der Waals surface area contributed by atoms with Gasteiger partial charge in [-0.2, -0.15) is 0 Å². The summed E-state index contributed by atoms with van der Waals surface area (Å²) in [4.78, 5) is 15.6. The van der Waals surface area contributed by atoms with Gasteiger partial charge in [0.2, 0.25) is 0 Å². The standard InChI is InChI=1S/C28H32N2O2/c1-20-14-21(2)16-24(15-20)28(32)30-13-12-25(29-19-23-6-4-3-5-7-23)18-26(30)17-22-8-10-27(31)11-9-22/h3-11,14-16,25-26,29,31H,12-13,17-19H2,1-2H3. The van der Waals surface area contributed by atoms with E-state index in [4.69, 9.17) is 0 Å². The molecule has 32 heavy (non-hydrogen) atoms. The number of likely N-dealkylation sites (tertiary alicyclic amines) is 1. The number of amides is 1. The Kier molecular flexibility index (Phi) is 6.91. The van der Waals surface area contributed by atoms with Crippen LogP contribution in [-0.4, -0.2) is 34.5 Å². The monoisotopic (exact) mass is 428 g/mol. The third-order valence-corrected chi connectivity index (χ3v) is 6.29. The fourth-order valence-electron chi connectivity index (χ4n) is 4.72. The Bertz CT molecular complexity index is 1030. The maximum absolute atomic E-state index is 13.5. The highest BCUT2D eigenvalue weighted by molar-refractivity contribution is 5.95. The van der Waals surface area contributed by atoms with E-state index in [9.17, 15) is 9.90 Å². The van der Waals surface area contributed by atoms with Crippen molar-refractivity contribution in [2.75, 3.05) is 6.54 Å². The van der Waals surface area contributed by atoms with Crippen LogP contribution in [-0.2, 0) is 13.0 Å². The lowest BCUT2D eigenvalue weighted by molar-refractivity contribution is 0.0576. The summed E-state index contributed by atoms with van der Waals surface area (Å²) in [6.45, 7) is 5.65. The minimum Gasteiger partial charge on any atom is -0.508 e. The summed E-state index contributed by atoms with van der Waals surface area (Å²) in [5.41, 5.74) is 5.41. The molecule has 2 N–H and O–H groups in total. The lowest BCUT2D eigenvalue weighted by Gasteiger charge is -2.40. The SMILES string of the molecule is Cc1cc(C)cc(C(=O)N2CCC(NCc3ccccc3)CC2Cc2ccc(O)cc2)c1. The van der Waals surface area contributed by atoms with Gasteiger partial charge in [-0.3, -0.25) is 4.79 Å². The molecule has 4 rings (SSSR count). The van der Waals surface area contributed by atoms with Crippen LogP contribution in [0.2, 0.25) is 0 Å². The van der Waals surface area contributed by atoms with E-state index in [0.29, 0.717) is 6.04 Å². The van der Waals surface area contributed by atoms with Crippen LogP contribution in [0.4, 0.5) is 0 Å². The van der Waals surface area contributed by atoms with E-state index in [2.05, 4.69) is 40.5 Å². The number of nitrogens with zero attached hydrogens (tertiary/aromatic N) is 1. The molecule has 4 heteroatoms. The van der Waals surface area contributed by atoms with Crippen molar-refractivity contribution in [3.05, 3.63) is 101 Å². The number of benzene rings is 3. The Morgan fingerprint density at radius 1 is 0.969 bits per heavy atom. The number of aryl methyl sites for hydroxylation is 2. The first kappa shape index (κ1) is 22.1. The number of nitrogens with one attached hydrogen (secondary N) is 1. The molecule has 0 spiro atoms. The maximum atomic E-state index is 13.5. The molecule has 3 aromatic carbocycles. The third-order valence-electron chi connectivity index (χ3n) is 6.29. The van der Waals surface area contributed by atoms with E-state index in [1.165, 1.54) is 5.56 Å². The second-order valence-electron chi connectivity index (χ2n) is 8.99. The summed E-state index contributed by atoms with van der Waals surface area (Å²) in [5.74, 6) is 0.380. The summed E-state index contributed by atoms with van der Waals surface area (Å²) in [6, 6.07) is 24.4. The molecule has 2 unspecified atom stereocenters. The van der Waals surface area contributed by atoms with Crippen molar-refractivity contribution in [3.8, 4) is 5.75 Å². The Labute approximate surface area is 190 Å². The molecule has 1 fully saturated rings. The number of hydrogen-bond donors (Lipinski definition) is 2.